The van der Waals surface area contributed by atoms with E-state index in [0.29, 0.717) is 17.9 Å². The number of hydrogen-bond acceptors (Lipinski definition) is 6. The van der Waals surface area contributed by atoms with E-state index in [1.54, 1.807) is 13.0 Å². The zero-order valence-electron chi connectivity index (χ0n) is 14.4. The Hall–Kier alpha value is -1.84. The van der Waals surface area contributed by atoms with E-state index in [2.05, 4.69) is 5.32 Å². The third-order valence-electron chi connectivity index (χ3n) is 5.10. The van der Waals surface area contributed by atoms with Crippen LogP contribution < -0.4 is 11.1 Å². The first kappa shape index (κ1) is 18.9. The summed E-state index contributed by atoms with van der Waals surface area (Å²) in [7, 11) is 0. The lowest BCUT2D eigenvalue weighted by atomic mass is 9.83. The van der Waals surface area contributed by atoms with Crippen molar-refractivity contribution in [1.82, 2.24) is 10.2 Å². The summed E-state index contributed by atoms with van der Waals surface area (Å²) in [6.07, 6.45) is 4.48. The molecule has 8 nitrogen and oxygen atoms in total. The van der Waals surface area contributed by atoms with Gasteiger partial charge in [0.1, 0.15) is 5.70 Å². The Balaban J connectivity index is 1.64. The van der Waals surface area contributed by atoms with Gasteiger partial charge >= 0.3 is 5.97 Å². The molecule has 3 aliphatic heterocycles. The summed E-state index contributed by atoms with van der Waals surface area (Å²) in [4.78, 5) is 36.7. The quantitative estimate of drug-likeness (QED) is 0.369. The summed E-state index contributed by atoms with van der Waals surface area (Å²) in [5.74, 6) is -2.41. The number of amides is 2. The highest BCUT2D eigenvalue weighted by atomic mass is 32.2. The van der Waals surface area contributed by atoms with Gasteiger partial charge in [0.2, 0.25) is 11.8 Å². The molecule has 2 amide bonds. The number of nitrogens with one attached hydrogen (secondary N) is 1. The number of piperidine rings is 1. The van der Waals surface area contributed by atoms with Gasteiger partial charge in [-0.05, 0) is 19.8 Å². The zero-order chi connectivity index (χ0) is 19.0. The Morgan fingerprint density at radius 2 is 2.15 bits per heavy atom. The van der Waals surface area contributed by atoms with Crippen LogP contribution in [0.4, 0.5) is 0 Å². The molecule has 2 saturated heterocycles. The van der Waals surface area contributed by atoms with Gasteiger partial charge in [0.15, 0.2) is 0 Å². The number of carbonyl (C=O) groups excluding carboxylic acids is 2. The molecule has 26 heavy (non-hydrogen) atoms. The minimum atomic E-state index is -1.10. The van der Waals surface area contributed by atoms with E-state index in [0.717, 1.165) is 12.8 Å². The molecule has 0 radical (unpaired) electrons. The lowest BCUT2D eigenvalue weighted by Crippen LogP contribution is -2.61. The number of aliphatic hydroxyl groups excluding tert-OH is 1. The molecule has 2 fully saturated rings. The lowest BCUT2D eigenvalue weighted by Gasteiger charge is -2.44. The number of nitrogens with two attached hydrogens (primary N) is 1. The number of primary amides is 1. The molecule has 0 bridgehead atoms. The van der Waals surface area contributed by atoms with E-state index < -0.39 is 23.9 Å². The molecule has 3 aliphatic rings. The number of fused-ring (bicyclic) bond motifs is 1. The van der Waals surface area contributed by atoms with Crippen LogP contribution in [0.25, 0.3) is 0 Å². The van der Waals surface area contributed by atoms with Gasteiger partial charge in [0.05, 0.1) is 18.1 Å². The first-order chi connectivity index (χ1) is 12.3. The standard InChI is InChI=1S/C17H23N3O5S/c1-8(21)14-11-6-12(15(17(24)25)20(11)16(14)23)26-10-4-2-9(19-7-10)3-5-13(18)22/h3,5,8-11,14,19,21H,2,4,6-7H2,1H3,(H2,18,22)(H,24,25)/t8-,9-,10+,11-,14-/m1/s1. The third kappa shape index (κ3) is 3.51. The van der Waals surface area contributed by atoms with Crippen LogP contribution in [0.5, 0.6) is 0 Å². The fraction of sp³-hybridized carbons (Fsp3) is 0.588. The number of thioether (sulfide) groups is 1. The SMILES string of the molecule is C[C@@H](O)[C@H]1C(=O)N2C(C(=O)O)=C(S[C@H]3CC[C@H](C=CC(N)=O)NC3)C[C@H]12. The molecule has 142 valence electrons. The Morgan fingerprint density at radius 3 is 2.69 bits per heavy atom. The van der Waals surface area contributed by atoms with Crippen molar-refractivity contribution in [3.8, 4) is 0 Å². The molecule has 0 aliphatic carbocycles. The largest absolute Gasteiger partial charge is 0.477 e. The van der Waals surface area contributed by atoms with Crippen LogP contribution in [0, 0.1) is 5.92 Å². The van der Waals surface area contributed by atoms with Crippen molar-refractivity contribution in [2.24, 2.45) is 11.7 Å². The summed E-state index contributed by atoms with van der Waals surface area (Å²) in [6.45, 7) is 2.24. The van der Waals surface area contributed by atoms with Crippen molar-refractivity contribution < 1.29 is 24.6 Å². The zero-order valence-corrected chi connectivity index (χ0v) is 15.2. The van der Waals surface area contributed by atoms with Crippen LogP contribution in [0.1, 0.15) is 26.2 Å². The Morgan fingerprint density at radius 1 is 1.42 bits per heavy atom. The Bertz CT molecular complexity index is 682. The van der Waals surface area contributed by atoms with Crippen LogP contribution in [-0.2, 0) is 14.4 Å². The average molecular weight is 381 g/mol. The molecule has 0 aromatic heterocycles. The van der Waals surface area contributed by atoms with E-state index in [1.807, 2.05) is 0 Å². The van der Waals surface area contributed by atoms with Crippen molar-refractivity contribution in [2.75, 3.05) is 6.54 Å². The predicted octanol–water partition coefficient (Wildman–Crippen LogP) is -0.211. The highest BCUT2D eigenvalue weighted by Crippen LogP contribution is 2.48. The van der Waals surface area contributed by atoms with Gasteiger partial charge in [-0.15, -0.1) is 11.8 Å². The van der Waals surface area contributed by atoms with Crippen LogP contribution in [0.15, 0.2) is 22.8 Å². The van der Waals surface area contributed by atoms with Gasteiger partial charge in [0.25, 0.3) is 0 Å². The lowest BCUT2D eigenvalue weighted by molar-refractivity contribution is -0.161. The second-order valence-corrected chi connectivity index (χ2v) is 8.31. The third-order valence-corrected chi connectivity index (χ3v) is 6.48. The molecule has 5 N–H and O–H groups in total. The van der Waals surface area contributed by atoms with Gasteiger partial charge in [-0.1, -0.05) is 6.08 Å². The van der Waals surface area contributed by atoms with Crippen LogP contribution in [-0.4, -0.2) is 62.9 Å². The van der Waals surface area contributed by atoms with Crippen LogP contribution in [0.2, 0.25) is 0 Å². The summed E-state index contributed by atoms with van der Waals surface area (Å²) in [5.41, 5.74) is 5.16. The molecular weight excluding hydrogens is 358 g/mol. The Labute approximate surface area is 155 Å². The van der Waals surface area contributed by atoms with Crippen molar-refractivity contribution in [3.63, 3.8) is 0 Å². The Kier molecular flexibility index (Phi) is 5.40. The van der Waals surface area contributed by atoms with Gasteiger partial charge < -0.3 is 26.2 Å². The van der Waals surface area contributed by atoms with Gasteiger partial charge in [-0.25, -0.2) is 4.79 Å². The van der Waals surface area contributed by atoms with Gasteiger partial charge in [-0.3, -0.25) is 9.59 Å². The van der Waals surface area contributed by atoms with E-state index >= 15 is 0 Å². The highest BCUT2D eigenvalue weighted by molar-refractivity contribution is 8.03. The predicted molar refractivity (Wildman–Crippen MR) is 95.8 cm³/mol. The number of β-lactam (4-membered cyclic amide) rings is 1. The van der Waals surface area contributed by atoms with E-state index in [1.165, 1.54) is 22.7 Å². The number of aliphatic carboxylic acids is 1. The smallest absolute Gasteiger partial charge is 0.353 e. The second-order valence-electron chi connectivity index (χ2n) is 6.92. The highest BCUT2D eigenvalue weighted by Gasteiger charge is 2.56. The van der Waals surface area contributed by atoms with Crippen LogP contribution in [0.3, 0.4) is 0 Å². The summed E-state index contributed by atoms with van der Waals surface area (Å²) >= 11 is 1.50. The maximum absolute atomic E-state index is 12.2. The molecule has 9 heteroatoms. The summed E-state index contributed by atoms with van der Waals surface area (Å²) in [6, 6.07) is -0.170. The van der Waals surface area contributed by atoms with E-state index in [4.69, 9.17) is 5.73 Å². The molecule has 5 atom stereocenters. The topological polar surface area (TPSA) is 133 Å². The van der Waals surface area contributed by atoms with E-state index in [-0.39, 0.29) is 28.9 Å². The van der Waals surface area contributed by atoms with Crippen molar-refractivity contribution in [1.29, 1.82) is 0 Å². The first-order valence-corrected chi connectivity index (χ1v) is 9.52. The molecule has 0 spiro atoms. The van der Waals surface area contributed by atoms with Gasteiger partial charge in [0, 0.05) is 35.2 Å². The summed E-state index contributed by atoms with van der Waals surface area (Å²) in [5, 5.41) is 22.8. The maximum atomic E-state index is 12.2. The van der Waals surface area contributed by atoms with Crippen molar-refractivity contribution in [2.45, 2.75) is 49.6 Å². The molecule has 3 heterocycles. The molecule has 0 saturated carbocycles. The fourth-order valence-electron chi connectivity index (χ4n) is 3.87. The number of hydrogen-bond donors (Lipinski definition) is 4. The molecular formula is C17H23N3O5S. The minimum absolute atomic E-state index is 0.0673. The van der Waals surface area contributed by atoms with Crippen molar-refractivity contribution in [3.05, 3.63) is 22.8 Å². The number of carboxylic acid groups (broad SMARTS) is 1. The monoisotopic (exact) mass is 381 g/mol. The first-order valence-electron chi connectivity index (χ1n) is 8.64. The van der Waals surface area contributed by atoms with Crippen molar-refractivity contribution >= 4 is 29.5 Å². The maximum Gasteiger partial charge on any atom is 0.353 e. The number of carbonyl (C=O) groups is 3. The number of nitrogens with zero attached hydrogens (tertiary/aromatic N) is 1. The number of carboxylic acids is 1. The number of rotatable bonds is 6. The average Bonchev–Trinajstić information content (AvgIpc) is 2.88. The molecule has 3 rings (SSSR count). The second kappa shape index (κ2) is 7.42. The van der Waals surface area contributed by atoms with Gasteiger partial charge in [-0.2, -0.15) is 0 Å². The van der Waals surface area contributed by atoms with Crippen LogP contribution >= 0.6 is 11.8 Å². The molecule has 0 aromatic rings. The number of aliphatic hydroxyl groups is 1. The summed E-state index contributed by atoms with van der Waals surface area (Å²) < 4.78 is 0. The minimum Gasteiger partial charge on any atom is -0.477 e. The molecule has 0 unspecified atom stereocenters. The fourth-order valence-corrected chi connectivity index (χ4v) is 5.27. The normalized spacial score (nSPS) is 32.5. The van der Waals surface area contributed by atoms with E-state index in [9.17, 15) is 24.6 Å². The molecule has 0 aromatic carbocycles.